The summed E-state index contributed by atoms with van der Waals surface area (Å²) in [5.74, 6) is 0.946. The van der Waals surface area contributed by atoms with Crippen molar-refractivity contribution in [3.8, 4) is 0 Å². The lowest BCUT2D eigenvalue weighted by atomic mass is 10.0. The van der Waals surface area contributed by atoms with Crippen LogP contribution in [0.3, 0.4) is 0 Å². The highest BCUT2D eigenvalue weighted by Gasteiger charge is 2.10. The van der Waals surface area contributed by atoms with Gasteiger partial charge in [-0.15, -0.1) is 10.2 Å². The standard InChI is InChI=1S/C16H21N3O2S2/c1-11(2)12-4-6-13(7-5-12)14(20)10-22-16-19-18-15(23-16)17-8-9-21-3/h4-7,11H,8-10H2,1-3H3,(H,17,18). The molecular weight excluding hydrogens is 330 g/mol. The quantitative estimate of drug-likeness (QED) is 0.422. The van der Waals surface area contributed by atoms with Crippen molar-refractivity contribution >= 4 is 34.0 Å². The van der Waals surface area contributed by atoms with Crippen molar-refractivity contribution in [1.29, 1.82) is 0 Å². The number of nitrogens with zero attached hydrogens (tertiary/aromatic N) is 2. The van der Waals surface area contributed by atoms with E-state index in [4.69, 9.17) is 4.74 Å². The van der Waals surface area contributed by atoms with Crippen molar-refractivity contribution in [2.45, 2.75) is 24.1 Å². The predicted octanol–water partition coefficient (Wildman–Crippen LogP) is 3.69. The van der Waals surface area contributed by atoms with Crippen LogP contribution in [0.4, 0.5) is 5.13 Å². The third-order valence-corrected chi connectivity index (χ3v) is 5.23. The first-order valence-electron chi connectivity index (χ1n) is 7.42. The molecule has 0 unspecified atom stereocenters. The van der Waals surface area contributed by atoms with E-state index in [1.54, 1.807) is 7.11 Å². The minimum absolute atomic E-state index is 0.106. The summed E-state index contributed by atoms with van der Waals surface area (Å²) in [6, 6.07) is 7.84. The summed E-state index contributed by atoms with van der Waals surface area (Å²) >= 11 is 2.87. The molecule has 1 aromatic carbocycles. The fraction of sp³-hybridized carbons (Fsp3) is 0.438. The second-order valence-corrected chi connectivity index (χ2v) is 7.48. The smallest absolute Gasteiger partial charge is 0.206 e. The Hall–Kier alpha value is -1.44. The molecule has 0 aliphatic carbocycles. The van der Waals surface area contributed by atoms with E-state index in [0.717, 1.165) is 15.0 Å². The Kier molecular flexibility index (Phi) is 7.01. The Balaban J connectivity index is 1.84. The zero-order chi connectivity index (χ0) is 16.7. The van der Waals surface area contributed by atoms with Gasteiger partial charge < -0.3 is 10.1 Å². The summed E-state index contributed by atoms with van der Waals surface area (Å²) < 4.78 is 5.75. The summed E-state index contributed by atoms with van der Waals surface area (Å²) in [7, 11) is 1.66. The lowest BCUT2D eigenvalue weighted by Crippen LogP contribution is -2.06. The maximum Gasteiger partial charge on any atom is 0.206 e. The van der Waals surface area contributed by atoms with Gasteiger partial charge in [0.05, 0.1) is 12.4 Å². The normalized spacial score (nSPS) is 11.0. The molecule has 1 heterocycles. The molecular formula is C16H21N3O2S2. The number of ether oxygens (including phenoxy) is 1. The van der Waals surface area contributed by atoms with Crippen LogP contribution < -0.4 is 5.32 Å². The Morgan fingerprint density at radius 2 is 2.04 bits per heavy atom. The monoisotopic (exact) mass is 351 g/mol. The largest absolute Gasteiger partial charge is 0.383 e. The van der Waals surface area contributed by atoms with Crippen molar-refractivity contribution in [3.05, 3.63) is 35.4 Å². The molecule has 5 nitrogen and oxygen atoms in total. The van der Waals surface area contributed by atoms with Crippen LogP contribution in [-0.2, 0) is 4.74 Å². The van der Waals surface area contributed by atoms with Gasteiger partial charge >= 0.3 is 0 Å². The summed E-state index contributed by atoms with van der Waals surface area (Å²) in [6.07, 6.45) is 0. The Morgan fingerprint density at radius 3 is 2.70 bits per heavy atom. The highest BCUT2D eigenvalue weighted by Crippen LogP contribution is 2.26. The van der Waals surface area contributed by atoms with Gasteiger partial charge in [0, 0.05) is 19.2 Å². The highest BCUT2D eigenvalue weighted by molar-refractivity contribution is 8.01. The number of aromatic nitrogens is 2. The summed E-state index contributed by atoms with van der Waals surface area (Å²) in [5.41, 5.74) is 1.98. The minimum atomic E-state index is 0.106. The van der Waals surface area contributed by atoms with Crippen molar-refractivity contribution in [3.63, 3.8) is 0 Å². The SMILES string of the molecule is COCCNc1nnc(SCC(=O)c2ccc(C(C)C)cc2)s1. The van der Waals surface area contributed by atoms with E-state index in [1.807, 2.05) is 24.3 Å². The summed E-state index contributed by atoms with van der Waals surface area (Å²) in [5, 5.41) is 12.0. The molecule has 124 valence electrons. The third-order valence-electron chi connectivity index (χ3n) is 3.21. The first-order chi connectivity index (χ1) is 11.1. The number of benzene rings is 1. The second kappa shape index (κ2) is 9.00. The van der Waals surface area contributed by atoms with Crippen LogP contribution in [0.5, 0.6) is 0 Å². The van der Waals surface area contributed by atoms with Crippen LogP contribution in [0.15, 0.2) is 28.6 Å². The molecule has 0 bridgehead atoms. The van der Waals surface area contributed by atoms with Crippen molar-refractivity contribution in [1.82, 2.24) is 10.2 Å². The number of rotatable bonds is 9. The van der Waals surface area contributed by atoms with Gasteiger partial charge in [0.2, 0.25) is 5.13 Å². The number of nitrogens with one attached hydrogen (secondary N) is 1. The summed E-state index contributed by atoms with van der Waals surface area (Å²) in [6.45, 7) is 5.59. The minimum Gasteiger partial charge on any atom is -0.383 e. The zero-order valence-electron chi connectivity index (χ0n) is 13.5. The Labute approximate surface area is 144 Å². The number of carbonyl (C=O) groups is 1. The van der Waals surface area contributed by atoms with Gasteiger partial charge in [-0.3, -0.25) is 4.79 Å². The van der Waals surface area contributed by atoms with Crippen LogP contribution >= 0.6 is 23.1 Å². The molecule has 23 heavy (non-hydrogen) atoms. The van der Waals surface area contributed by atoms with Crippen molar-refractivity contribution < 1.29 is 9.53 Å². The lowest BCUT2D eigenvalue weighted by molar-refractivity contribution is 0.102. The van der Waals surface area contributed by atoms with Crippen LogP contribution in [0, 0.1) is 0 Å². The molecule has 0 aliphatic rings. The molecule has 2 rings (SSSR count). The Bertz CT molecular complexity index is 627. The first kappa shape index (κ1) is 17.9. The molecule has 1 N–H and O–H groups in total. The number of Topliss-reactive ketones (excluding diaryl/α,β-unsaturated/α-hetero) is 1. The third kappa shape index (κ3) is 5.60. The topological polar surface area (TPSA) is 64.1 Å². The summed E-state index contributed by atoms with van der Waals surface area (Å²) in [4.78, 5) is 12.2. The van der Waals surface area contributed by atoms with E-state index in [2.05, 4.69) is 29.4 Å². The molecule has 0 amide bonds. The van der Waals surface area contributed by atoms with Gasteiger partial charge in [-0.2, -0.15) is 0 Å². The molecule has 2 aromatic rings. The van der Waals surface area contributed by atoms with E-state index < -0.39 is 0 Å². The molecule has 0 atom stereocenters. The van der Waals surface area contributed by atoms with Gasteiger partial charge in [-0.05, 0) is 11.5 Å². The number of anilines is 1. The van der Waals surface area contributed by atoms with E-state index in [-0.39, 0.29) is 5.78 Å². The van der Waals surface area contributed by atoms with Gasteiger partial charge in [-0.1, -0.05) is 61.2 Å². The van der Waals surface area contributed by atoms with Crippen LogP contribution in [-0.4, -0.2) is 42.0 Å². The maximum atomic E-state index is 12.2. The van der Waals surface area contributed by atoms with Gasteiger partial charge in [-0.25, -0.2) is 0 Å². The average Bonchev–Trinajstić information content (AvgIpc) is 3.01. The van der Waals surface area contributed by atoms with Crippen molar-refractivity contribution in [2.75, 3.05) is 31.3 Å². The molecule has 0 saturated carbocycles. The van der Waals surface area contributed by atoms with E-state index in [9.17, 15) is 4.79 Å². The van der Waals surface area contributed by atoms with E-state index >= 15 is 0 Å². The number of hydrogen-bond acceptors (Lipinski definition) is 7. The number of thioether (sulfide) groups is 1. The molecule has 7 heteroatoms. The van der Waals surface area contributed by atoms with Gasteiger partial charge in [0.1, 0.15) is 0 Å². The average molecular weight is 351 g/mol. The zero-order valence-corrected chi connectivity index (χ0v) is 15.2. The number of methoxy groups -OCH3 is 1. The number of hydrogen-bond donors (Lipinski definition) is 1. The fourth-order valence-electron chi connectivity index (χ4n) is 1.86. The maximum absolute atomic E-state index is 12.2. The van der Waals surface area contributed by atoms with Crippen LogP contribution in [0.1, 0.15) is 35.7 Å². The van der Waals surface area contributed by atoms with Gasteiger partial charge in [0.25, 0.3) is 0 Å². The predicted molar refractivity (Wildman–Crippen MR) is 95.9 cm³/mol. The molecule has 0 spiro atoms. The molecule has 0 fully saturated rings. The molecule has 0 aliphatic heterocycles. The van der Waals surface area contributed by atoms with Crippen LogP contribution in [0.25, 0.3) is 0 Å². The molecule has 0 saturated heterocycles. The van der Waals surface area contributed by atoms with E-state index in [0.29, 0.717) is 24.8 Å². The highest BCUT2D eigenvalue weighted by atomic mass is 32.2. The Morgan fingerprint density at radius 1 is 1.30 bits per heavy atom. The first-order valence-corrected chi connectivity index (χ1v) is 9.22. The number of carbonyl (C=O) groups excluding carboxylic acids is 1. The lowest BCUT2D eigenvalue weighted by Gasteiger charge is -2.05. The van der Waals surface area contributed by atoms with Crippen molar-refractivity contribution in [2.24, 2.45) is 0 Å². The molecule has 0 radical (unpaired) electrons. The van der Waals surface area contributed by atoms with Gasteiger partial charge in [0.15, 0.2) is 10.1 Å². The second-order valence-electron chi connectivity index (χ2n) is 5.28. The van der Waals surface area contributed by atoms with Crippen LogP contribution in [0.2, 0.25) is 0 Å². The molecule has 1 aromatic heterocycles. The number of ketones is 1. The van der Waals surface area contributed by atoms with E-state index in [1.165, 1.54) is 28.7 Å². The fourth-order valence-corrected chi connectivity index (χ4v) is 3.54.